The van der Waals surface area contributed by atoms with Gasteiger partial charge in [0.2, 0.25) is 0 Å². The minimum absolute atomic E-state index is 0.145. The number of nitrogens with zero attached hydrogens (tertiary/aromatic N) is 2. The van der Waals surface area contributed by atoms with Crippen molar-refractivity contribution in [1.29, 1.82) is 0 Å². The average molecular weight is 353 g/mol. The number of rotatable bonds is 7. The first-order valence-electron chi connectivity index (χ1n) is 9.23. The van der Waals surface area contributed by atoms with Crippen LogP contribution in [0.1, 0.15) is 71.5 Å². The van der Waals surface area contributed by atoms with Crippen molar-refractivity contribution in [2.45, 2.75) is 86.5 Å². The molecule has 0 aliphatic heterocycles. The van der Waals surface area contributed by atoms with Crippen LogP contribution >= 0.6 is 0 Å². The molecule has 6 heteroatoms. The van der Waals surface area contributed by atoms with Crippen molar-refractivity contribution < 1.29 is 9.53 Å². The number of amides is 1. The molecule has 0 aliphatic rings. The van der Waals surface area contributed by atoms with Crippen LogP contribution in [0.25, 0.3) is 0 Å². The molecule has 1 aromatic heterocycles. The summed E-state index contributed by atoms with van der Waals surface area (Å²) in [5.74, 6) is 0.374. The first kappa shape index (κ1) is 21.5. The number of hydrogen-bond acceptors (Lipinski definition) is 4. The van der Waals surface area contributed by atoms with E-state index in [-0.39, 0.29) is 18.2 Å². The van der Waals surface area contributed by atoms with Crippen molar-refractivity contribution in [3.8, 4) is 0 Å². The molecule has 0 spiro atoms. The third-order valence-electron chi connectivity index (χ3n) is 4.30. The highest BCUT2D eigenvalue weighted by Crippen LogP contribution is 2.22. The van der Waals surface area contributed by atoms with Gasteiger partial charge < -0.3 is 15.4 Å². The fourth-order valence-electron chi connectivity index (χ4n) is 3.04. The largest absolute Gasteiger partial charge is 0.444 e. The molecule has 0 fully saturated rings. The fraction of sp³-hybridized carbons (Fsp3) is 0.789. The van der Waals surface area contributed by atoms with Crippen molar-refractivity contribution in [3.63, 3.8) is 0 Å². The standard InChI is InChI=1S/C19H36N4O2/c1-10-23-15(6)17(14(5)22-23)13(4)21-16(12(2)3)11-20-18(24)25-19(7,8)9/h12-13,16,21H,10-11H2,1-9H3,(H,20,24). The maximum absolute atomic E-state index is 11.9. The summed E-state index contributed by atoms with van der Waals surface area (Å²) in [5.41, 5.74) is 3.01. The molecule has 2 N–H and O–H groups in total. The molecule has 144 valence electrons. The zero-order valence-electron chi connectivity index (χ0n) is 17.4. The average Bonchev–Trinajstić information content (AvgIpc) is 2.75. The second-order valence-corrected chi connectivity index (χ2v) is 8.02. The van der Waals surface area contributed by atoms with E-state index in [2.05, 4.69) is 57.3 Å². The summed E-state index contributed by atoms with van der Waals surface area (Å²) in [5, 5.41) is 11.1. The number of aromatic nitrogens is 2. The molecule has 0 radical (unpaired) electrons. The summed E-state index contributed by atoms with van der Waals surface area (Å²) < 4.78 is 7.36. The van der Waals surface area contributed by atoms with Gasteiger partial charge in [0.15, 0.2) is 0 Å². The van der Waals surface area contributed by atoms with Crippen LogP contribution in [0.2, 0.25) is 0 Å². The van der Waals surface area contributed by atoms with E-state index in [0.717, 1.165) is 12.2 Å². The minimum atomic E-state index is -0.485. The van der Waals surface area contributed by atoms with E-state index >= 15 is 0 Å². The maximum atomic E-state index is 11.9. The van der Waals surface area contributed by atoms with Crippen LogP contribution in [0.4, 0.5) is 4.79 Å². The molecule has 2 unspecified atom stereocenters. The Morgan fingerprint density at radius 1 is 1.24 bits per heavy atom. The molecule has 0 bridgehead atoms. The van der Waals surface area contributed by atoms with Crippen LogP contribution < -0.4 is 10.6 Å². The molecule has 0 aromatic carbocycles. The molecule has 0 saturated carbocycles. The van der Waals surface area contributed by atoms with E-state index in [9.17, 15) is 4.79 Å². The first-order valence-corrected chi connectivity index (χ1v) is 9.23. The number of nitrogens with one attached hydrogen (secondary N) is 2. The van der Waals surface area contributed by atoms with E-state index in [0.29, 0.717) is 12.5 Å². The number of alkyl carbamates (subject to hydrolysis) is 1. The molecule has 25 heavy (non-hydrogen) atoms. The highest BCUT2D eigenvalue weighted by atomic mass is 16.6. The van der Waals surface area contributed by atoms with Crippen molar-refractivity contribution >= 4 is 6.09 Å². The highest BCUT2D eigenvalue weighted by Gasteiger charge is 2.23. The van der Waals surface area contributed by atoms with Gasteiger partial charge in [-0.25, -0.2) is 4.79 Å². The first-order chi connectivity index (χ1) is 11.5. The van der Waals surface area contributed by atoms with Crippen molar-refractivity contribution in [1.82, 2.24) is 20.4 Å². The molecular formula is C19H36N4O2. The van der Waals surface area contributed by atoms with Crippen LogP contribution in [-0.4, -0.2) is 34.1 Å². The Hall–Kier alpha value is -1.56. The lowest BCUT2D eigenvalue weighted by Gasteiger charge is -2.28. The van der Waals surface area contributed by atoms with Crippen LogP contribution in [0.3, 0.4) is 0 Å². The van der Waals surface area contributed by atoms with Crippen molar-refractivity contribution in [2.24, 2.45) is 5.92 Å². The van der Waals surface area contributed by atoms with Gasteiger partial charge in [0.1, 0.15) is 5.60 Å². The Labute approximate surface area is 152 Å². The lowest BCUT2D eigenvalue weighted by atomic mass is 10.00. The molecule has 1 heterocycles. The number of aryl methyl sites for hydroxylation is 2. The maximum Gasteiger partial charge on any atom is 0.407 e. The van der Waals surface area contributed by atoms with Crippen LogP contribution in [0, 0.1) is 19.8 Å². The molecule has 1 aromatic rings. The Bertz CT molecular complexity index is 573. The fourth-order valence-corrected chi connectivity index (χ4v) is 3.04. The Morgan fingerprint density at radius 2 is 1.84 bits per heavy atom. The molecule has 6 nitrogen and oxygen atoms in total. The van der Waals surface area contributed by atoms with Gasteiger partial charge in [-0.2, -0.15) is 5.10 Å². The van der Waals surface area contributed by atoms with Crippen LogP contribution in [0.15, 0.2) is 0 Å². The number of carbonyl (C=O) groups excluding carboxylic acids is 1. The second kappa shape index (κ2) is 8.70. The van der Waals surface area contributed by atoms with E-state index < -0.39 is 5.60 Å². The van der Waals surface area contributed by atoms with Gasteiger partial charge in [-0.15, -0.1) is 0 Å². The Kier molecular flexibility index (Phi) is 7.47. The van der Waals surface area contributed by atoms with E-state index in [1.165, 1.54) is 11.3 Å². The SMILES string of the molecule is CCn1nc(C)c(C(C)NC(CNC(=O)OC(C)(C)C)C(C)C)c1C. The van der Waals surface area contributed by atoms with E-state index in [1.54, 1.807) is 0 Å². The van der Waals surface area contributed by atoms with Gasteiger partial charge in [-0.1, -0.05) is 13.8 Å². The third kappa shape index (κ3) is 6.34. The lowest BCUT2D eigenvalue weighted by Crippen LogP contribution is -2.46. The molecule has 2 atom stereocenters. The van der Waals surface area contributed by atoms with Crippen molar-refractivity contribution in [3.05, 3.63) is 17.0 Å². The zero-order chi connectivity index (χ0) is 19.4. The zero-order valence-corrected chi connectivity index (χ0v) is 17.4. The monoisotopic (exact) mass is 352 g/mol. The van der Waals surface area contributed by atoms with Gasteiger partial charge in [0.25, 0.3) is 0 Å². The van der Waals surface area contributed by atoms with Gasteiger partial charge >= 0.3 is 6.09 Å². The molecule has 0 aliphatic carbocycles. The van der Waals surface area contributed by atoms with Crippen LogP contribution in [-0.2, 0) is 11.3 Å². The predicted octanol–water partition coefficient (Wildman–Crippen LogP) is 3.72. The van der Waals surface area contributed by atoms with Gasteiger partial charge in [-0.3, -0.25) is 4.68 Å². The normalized spacial score (nSPS) is 14.5. The number of hydrogen-bond donors (Lipinski definition) is 2. The minimum Gasteiger partial charge on any atom is -0.444 e. The van der Waals surface area contributed by atoms with Gasteiger partial charge in [0.05, 0.1) is 5.69 Å². The topological polar surface area (TPSA) is 68.2 Å². The number of ether oxygens (including phenoxy) is 1. The second-order valence-electron chi connectivity index (χ2n) is 8.02. The molecular weight excluding hydrogens is 316 g/mol. The van der Waals surface area contributed by atoms with Gasteiger partial charge in [-0.05, 0) is 54.4 Å². The lowest BCUT2D eigenvalue weighted by molar-refractivity contribution is 0.0518. The Morgan fingerprint density at radius 3 is 2.28 bits per heavy atom. The van der Waals surface area contributed by atoms with Crippen LogP contribution in [0.5, 0.6) is 0 Å². The highest BCUT2D eigenvalue weighted by molar-refractivity contribution is 5.67. The van der Waals surface area contributed by atoms with E-state index in [4.69, 9.17) is 4.74 Å². The van der Waals surface area contributed by atoms with E-state index in [1.807, 2.05) is 25.5 Å². The summed E-state index contributed by atoms with van der Waals surface area (Å²) in [6.07, 6.45) is -0.376. The molecule has 0 saturated heterocycles. The predicted molar refractivity (Wildman–Crippen MR) is 102 cm³/mol. The summed E-state index contributed by atoms with van der Waals surface area (Å²) in [4.78, 5) is 11.9. The smallest absolute Gasteiger partial charge is 0.407 e. The third-order valence-corrected chi connectivity index (χ3v) is 4.30. The van der Waals surface area contributed by atoms with Gasteiger partial charge in [0, 0.05) is 36.4 Å². The quantitative estimate of drug-likeness (QED) is 0.785. The Balaban J connectivity index is 2.75. The number of carbonyl (C=O) groups is 1. The summed E-state index contributed by atoms with van der Waals surface area (Å²) >= 11 is 0. The summed E-state index contributed by atoms with van der Waals surface area (Å²) in [7, 11) is 0. The summed E-state index contributed by atoms with van der Waals surface area (Å²) in [6, 6.07) is 0.305. The van der Waals surface area contributed by atoms with Crippen molar-refractivity contribution in [2.75, 3.05) is 6.54 Å². The molecule has 1 rings (SSSR count). The molecule has 1 amide bonds. The summed E-state index contributed by atoms with van der Waals surface area (Å²) in [6.45, 7) is 19.7.